The van der Waals surface area contributed by atoms with Crippen molar-refractivity contribution >= 4 is 21.4 Å². The smallest absolute Gasteiger partial charge is 0.262 e. The van der Waals surface area contributed by atoms with Crippen molar-refractivity contribution in [3.63, 3.8) is 0 Å². The lowest BCUT2D eigenvalue weighted by Gasteiger charge is -2.25. The van der Waals surface area contributed by atoms with Crippen LogP contribution in [0.2, 0.25) is 0 Å². The fourth-order valence-corrected chi connectivity index (χ4v) is 3.87. The fourth-order valence-electron chi connectivity index (χ4n) is 2.33. The van der Waals surface area contributed by atoms with Gasteiger partial charge in [0.25, 0.3) is 15.7 Å². The molecule has 2 aromatic carbocycles. The quantitative estimate of drug-likeness (QED) is 0.455. The second kappa shape index (κ2) is 6.84. The Kier molecular flexibility index (Phi) is 5.04. The number of hydrogen-bond donors (Lipinski definition) is 0. The summed E-state index contributed by atoms with van der Waals surface area (Å²) in [6.45, 7) is 7.41. The van der Waals surface area contributed by atoms with E-state index in [4.69, 9.17) is 0 Å². The molecule has 24 heavy (non-hydrogen) atoms. The van der Waals surface area contributed by atoms with Crippen molar-refractivity contribution in [1.82, 2.24) is 0 Å². The van der Waals surface area contributed by atoms with Gasteiger partial charge in [-0.3, -0.25) is 14.4 Å². The number of non-ortho nitro benzene ring substituents is 1. The minimum Gasteiger partial charge on any atom is -0.262 e. The van der Waals surface area contributed by atoms with Gasteiger partial charge in [-0.05, 0) is 37.1 Å². The van der Waals surface area contributed by atoms with Crippen LogP contribution in [-0.4, -0.2) is 19.9 Å². The molecule has 2 rings (SSSR count). The van der Waals surface area contributed by atoms with Gasteiger partial charge in [-0.1, -0.05) is 24.3 Å². The van der Waals surface area contributed by atoms with E-state index in [0.29, 0.717) is 5.69 Å². The van der Waals surface area contributed by atoms with Gasteiger partial charge in [0, 0.05) is 12.1 Å². The van der Waals surface area contributed by atoms with Crippen molar-refractivity contribution in [2.45, 2.75) is 18.7 Å². The molecule has 0 saturated carbocycles. The Morgan fingerprint density at radius 2 is 1.88 bits per heavy atom. The zero-order valence-electron chi connectivity index (χ0n) is 13.5. The molecule has 0 atom stereocenters. The van der Waals surface area contributed by atoms with Crippen LogP contribution in [0, 0.1) is 24.0 Å². The second-order valence-corrected chi connectivity index (χ2v) is 7.16. The summed E-state index contributed by atoms with van der Waals surface area (Å²) >= 11 is 0. The number of nitro groups is 1. The average molecular weight is 346 g/mol. The Morgan fingerprint density at radius 3 is 2.50 bits per heavy atom. The number of anilines is 1. The first-order valence-corrected chi connectivity index (χ1v) is 8.67. The Labute approximate surface area is 141 Å². The number of hydrogen-bond acceptors (Lipinski definition) is 4. The standard InChI is InChI=1S/C17H18N2O4S/c1-4-11-18(17-10-5-7-13(2)14(17)3)24(22,23)16-9-6-8-15(12-16)19(20)21/h4-10,12H,1,11H2,2-3H3. The molecule has 0 aliphatic heterocycles. The third-order valence-electron chi connectivity index (χ3n) is 3.76. The number of sulfonamides is 1. The molecule has 0 aliphatic rings. The summed E-state index contributed by atoms with van der Waals surface area (Å²) in [5, 5.41) is 10.9. The van der Waals surface area contributed by atoms with Crippen LogP contribution < -0.4 is 4.31 Å². The van der Waals surface area contributed by atoms with E-state index in [9.17, 15) is 18.5 Å². The number of aryl methyl sites for hydroxylation is 1. The third kappa shape index (κ3) is 3.30. The first kappa shape index (κ1) is 17.7. The molecule has 126 valence electrons. The van der Waals surface area contributed by atoms with Gasteiger partial charge in [-0.25, -0.2) is 8.42 Å². The molecule has 0 amide bonds. The molecule has 0 N–H and O–H groups in total. The molecule has 2 aromatic rings. The zero-order valence-corrected chi connectivity index (χ0v) is 14.3. The van der Waals surface area contributed by atoms with Crippen molar-refractivity contribution in [2.75, 3.05) is 10.8 Å². The van der Waals surface area contributed by atoms with Gasteiger partial charge in [0.2, 0.25) is 0 Å². The maximum absolute atomic E-state index is 13.0. The van der Waals surface area contributed by atoms with Gasteiger partial charge in [0.05, 0.1) is 22.1 Å². The van der Waals surface area contributed by atoms with E-state index in [-0.39, 0.29) is 17.1 Å². The molecular weight excluding hydrogens is 328 g/mol. The van der Waals surface area contributed by atoms with Crippen LogP contribution >= 0.6 is 0 Å². The average Bonchev–Trinajstić information content (AvgIpc) is 2.55. The summed E-state index contributed by atoms with van der Waals surface area (Å²) in [5.74, 6) is 0. The minimum absolute atomic E-state index is 0.0648. The number of rotatable bonds is 6. The van der Waals surface area contributed by atoms with Crippen molar-refractivity contribution < 1.29 is 13.3 Å². The number of nitrogens with zero attached hydrogens (tertiary/aromatic N) is 2. The molecule has 0 heterocycles. The molecule has 0 unspecified atom stereocenters. The summed E-state index contributed by atoms with van der Waals surface area (Å²) in [5.41, 5.74) is 2.04. The molecule has 0 bridgehead atoms. The van der Waals surface area contributed by atoms with Crippen LogP contribution in [0.15, 0.2) is 60.0 Å². The maximum Gasteiger partial charge on any atom is 0.270 e. The largest absolute Gasteiger partial charge is 0.270 e. The van der Waals surface area contributed by atoms with Gasteiger partial charge in [0.1, 0.15) is 0 Å². The van der Waals surface area contributed by atoms with E-state index < -0.39 is 14.9 Å². The van der Waals surface area contributed by atoms with Gasteiger partial charge >= 0.3 is 0 Å². The summed E-state index contributed by atoms with van der Waals surface area (Å²) in [6.07, 6.45) is 1.48. The molecule has 7 heteroatoms. The molecule has 0 radical (unpaired) electrons. The van der Waals surface area contributed by atoms with E-state index >= 15 is 0 Å². The Balaban J connectivity index is 2.62. The highest BCUT2D eigenvalue weighted by molar-refractivity contribution is 7.92. The number of nitro benzene ring substituents is 1. The lowest BCUT2D eigenvalue weighted by molar-refractivity contribution is -0.385. The van der Waals surface area contributed by atoms with Gasteiger partial charge in [-0.2, -0.15) is 0 Å². The summed E-state index contributed by atoms with van der Waals surface area (Å²) in [7, 11) is -3.95. The first-order chi connectivity index (χ1) is 11.3. The van der Waals surface area contributed by atoms with E-state index in [2.05, 4.69) is 6.58 Å². The highest BCUT2D eigenvalue weighted by Crippen LogP contribution is 2.29. The molecule has 0 aliphatic carbocycles. The zero-order chi connectivity index (χ0) is 17.9. The molecular formula is C17H18N2O4S. The third-order valence-corrected chi connectivity index (χ3v) is 5.53. The summed E-state index contributed by atoms with van der Waals surface area (Å²) in [4.78, 5) is 10.2. The van der Waals surface area contributed by atoms with E-state index in [1.165, 1.54) is 28.6 Å². The highest BCUT2D eigenvalue weighted by atomic mass is 32.2. The first-order valence-electron chi connectivity index (χ1n) is 7.23. The minimum atomic E-state index is -3.95. The summed E-state index contributed by atoms with van der Waals surface area (Å²) < 4.78 is 27.2. The van der Waals surface area contributed by atoms with Crippen molar-refractivity contribution in [2.24, 2.45) is 0 Å². The summed E-state index contributed by atoms with van der Waals surface area (Å²) in [6, 6.07) is 10.4. The van der Waals surface area contributed by atoms with Crippen LogP contribution in [0.1, 0.15) is 11.1 Å². The molecule has 0 spiro atoms. The van der Waals surface area contributed by atoms with Gasteiger partial charge in [0.15, 0.2) is 0 Å². The van der Waals surface area contributed by atoms with Crippen molar-refractivity contribution in [1.29, 1.82) is 0 Å². The van der Waals surface area contributed by atoms with Crippen LogP contribution in [0.5, 0.6) is 0 Å². The van der Waals surface area contributed by atoms with E-state index in [1.54, 1.807) is 12.1 Å². The van der Waals surface area contributed by atoms with Crippen LogP contribution in [0.25, 0.3) is 0 Å². The maximum atomic E-state index is 13.0. The lowest BCUT2D eigenvalue weighted by atomic mass is 10.1. The SMILES string of the molecule is C=CCN(c1cccc(C)c1C)S(=O)(=O)c1cccc([N+](=O)[O-])c1. The molecule has 0 saturated heterocycles. The van der Waals surface area contributed by atoms with Crippen molar-refractivity contribution in [3.8, 4) is 0 Å². The monoisotopic (exact) mass is 346 g/mol. The Morgan fingerprint density at radius 1 is 1.21 bits per heavy atom. The predicted molar refractivity (Wildman–Crippen MR) is 93.7 cm³/mol. The predicted octanol–water partition coefficient (Wildman–Crippen LogP) is 3.59. The van der Waals surface area contributed by atoms with E-state index in [0.717, 1.165) is 17.2 Å². The van der Waals surface area contributed by atoms with E-state index in [1.807, 2.05) is 19.9 Å². The van der Waals surface area contributed by atoms with Crippen molar-refractivity contribution in [3.05, 3.63) is 76.4 Å². The molecule has 0 aromatic heterocycles. The second-order valence-electron chi connectivity index (χ2n) is 5.30. The fraction of sp³-hybridized carbons (Fsp3) is 0.176. The van der Waals surface area contributed by atoms with Gasteiger partial charge < -0.3 is 0 Å². The van der Waals surface area contributed by atoms with Crippen LogP contribution in [-0.2, 0) is 10.0 Å². The number of benzene rings is 2. The molecule has 6 nitrogen and oxygen atoms in total. The van der Waals surface area contributed by atoms with Gasteiger partial charge in [-0.15, -0.1) is 6.58 Å². The van der Waals surface area contributed by atoms with Crippen LogP contribution in [0.4, 0.5) is 11.4 Å². The lowest BCUT2D eigenvalue weighted by Crippen LogP contribution is -2.32. The topological polar surface area (TPSA) is 80.5 Å². The Bertz CT molecular complexity index is 891. The highest BCUT2D eigenvalue weighted by Gasteiger charge is 2.27. The Hall–Kier alpha value is -2.67. The van der Waals surface area contributed by atoms with Crippen LogP contribution in [0.3, 0.4) is 0 Å². The normalized spacial score (nSPS) is 11.1. The molecule has 0 fully saturated rings.